The molecule has 2 aromatic heterocycles. The van der Waals surface area contributed by atoms with Crippen molar-refractivity contribution in [2.24, 2.45) is 0 Å². The van der Waals surface area contributed by atoms with Crippen LogP contribution in [0.2, 0.25) is 0 Å². The van der Waals surface area contributed by atoms with Gasteiger partial charge in [0.25, 0.3) is 0 Å². The summed E-state index contributed by atoms with van der Waals surface area (Å²) in [4.78, 5) is 4.71. The van der Waals surface area contributed by atoms with Crippen molar-refractivity contribution in [3.63, 3.8) is 0 Å². The lowest BCUT2D eigenvalue weighted by Gasteiger charge is -2.34. The van der Waals surface area contributed by atoms with Crippen LogP contribution < -0.4 is 9.64 Å². The number of hydrogen-bond acceptors (Lipinski definition) is 6. The van der Waals surface area contributed by atoms with E-state index in [4.69, 9.17) is 13.7 Å². The van der Waals surface area contributed by atoms with Crippen molar-refractivity contribution in [2.45, 2.75) is 6.92 Å². The minimum Gasteiger partial charge on any atom is -0.492 e. The second-order valence-corrected chi connectivity index (χ2v) is 6.87. The maximum absolute atomic E-state index is 6.06. The lowest BCUT2D eigenvalue weighted by Crippen LogP contribution is -2.47. The monoisotopic (exact) mass is 379 g/mol. The predicted molar refractivity (Wildman–Crippen MR) is 109 cm³/mol. The van der Waals surface area contributed by atoms with Crippen molar-refractivity contribution in [2.75, 3.05) is 44.2 Å². The summed E-state index contributed by atoms with van der Waals surface area (Å²) < 4.78 is 16.8. The number of para-hydroxylation sites is 1. The summed E-state index contributed by atoms with van der Waals surface area (Å²) in [6.45, 7) is 7.45. The van der Waals surface area contributed by atoms with Gasteiger partial charge in [-0.15, -0.1) is 0 Å². The topological polar surface area (TPSA) is 54.9 Å². The number of aromatic nitrogens is 1. The molecule has 0 amide bonds. The first-order valence-electron chi connectivity index (χ1n) is 9.62. The summed E-state index contributed by atoms with van der Waals surface area (Å²) in [5.74, 6) is 2.57. The molecule has 0 atom stereocenters. The summed E-state index contributed by atoms with van der Waals surface area (Å²) in [5.41, 5.74) is 1.90. The van der Waals surface area contributed by atoms with Crippen LogP contribution in [-0.2, 0) is 0 Å². The summed E-state index contributed by atoms with van der Waals surface area (Å²) >= 11 is 0. The molecule has 0 radical (unpaired) electrons. The van der Waals surface area contributed by atoms with Crippen molar-refractivity contribution in [3.05, 3.63) is 65.7 Å². The van der Waals surface area contributed by atoms with Crippen molar-refractivity contribution in [3.8, 4) is 5.75 Å². The molecule has 4 rings (SSSR count). The standard InChI is InChI=1S/C22H25N3O3/c1-18-17-20(28-23-18)9-8-19-5-2-3-6-21(19)26-16-14-24-10-12-25(13-11-24)22-7-4-15-27-22/h2-9,15,17H,10-14,16H2,1H3/b9-8+. The van der Waals surface area contributed by atoms with Crippen LogP contribution in [0.5, 0.6) is 5.75 Å². The highest BCUT2D eigenvalue weighted by molar-refractivity contribution is 5.70. The van der Waals surface area contributed by atoms with E-state index in [1.807, 2.05) is 61.5 Å². The van der Waals surface area contributed by atoms with Gasteiger partial charge in [0, 0.05) is 50.4 Å². The van der Waals surface area contributed by atoms with Crippen LogP contribution in [0.3, 0.4) is 0 Å². The number of furan rings is 1. The first-order chi connectivity index (χ1) is 13.8. The normalized spacial score (nSPS) is 15.4. The van der Waals surface area contributed by atoms with Gasteiger partial charge >= 0.3 is 0 Å². The Balaban J connectivity index is 1.27. The number of anilines is 1. The van der Waals surface area contributed by atoms with Crippen LogP contribution in [0.15, 0.2) is 57.7 Å². The minimum absolute atomic E-state index is 0.660. The number of aryl methyl sites for hydroxylation is 1. The van der Waals surface area contributed by atoms with E-state index in [9.17, 15) is 0 Å². The smallest absolute Gasteiger partial charge is 0.195 e. The van der Waals surface area contributed by atoms with Crippen molar-refractivity contribution < 1.29 is 13.7 Å². The van der Waals surface area contributed by atoms with Crippen LogP contribution in [0.25, 0.3) is 12.2 Å². The molecule has 0 bridgehead atoms. The molecule has 1 aliphatic heterocycles. The first kappa shape index (κ1) is 18.4. The van der Waals surface area contributed by atoms with Gasteiger partial charge in [-0.3, -0.25) is 4.90 Å². The lowest BCUT2D eigenvalue weighted by atomic mass is 10.2. The molecule has 0 spiro atoms. The molecule has 28 heavy (non-hydrogen) atoms. The van der Waals surface area contributed by atoms with Gasteiger partial charge in [0.1, 0.15) is 12.4 Å². The SMILES string of the molecule is Cc1cc(/C=C/c2ccccc2OCCN2CCN(c3ccco3)CC2)on1. The Morgan fingerprint density at radius 1 is 1.07 bits per heavy atom. The van der Waals surface area contributed by atoms with E-state index < -0.39 is 0 Å². The molecule has 0 N–H and O–H groups in total. The zero-order chi connectivity index (χ0) is 19.2. The van der Waals surface area contributed by atoms with Crippen molar-refractivity contribution >= 4 is 18.0 Å². The number of piperazine rings is 1. The average Bonchev–Trinajstić information content (AvgIpc) is 3.40. The molecule has 3 aromatic rings. The highest BCUT2D eigenvalue weighted by Gasteiger charge is 2.18. The maximum atomic E-state index is 6.06. The Bertz CT molecular complexity index is 893. The number of nitrogens with zero attached hydrogens (tertiary/aromatic N) is 3. The third-order valence-corrected chi connectivity index (χ3v) is 4.85. The van der Waals surface area contributed by atoms with Crippen molar-refractivity contribution in [1.82, 2.24) is 10.1 Å². The van der Waals surface area contributed by atoms with Gasteiger partial charge in [0.15, 0.2) is 11.6 Å². The van der Waals surface area contributed by atoms with Gasteiger partial charge in [0.2, 0.25) is 0 Å². The van der Waals surface area contributed by atoms with Crippen LogP contribution in [-0.4, -0.2) is 49.4 Å². The van der Waals surface area contributed by atoms with Gasteiger partial charge in [0.05, 0.1) is 12.0 Å². The van der Waals surface area contributed by atoms with Gasteiger partial charge in [-0.2, -0.15) is 0 Å². The van der Waals surface area contributed by atoms with E-state index >= 15 is 0 Å². The van der Waals surface area contributed by atoms with Crippen molar-refractivity contribution in [1.29, 1.82) is 0 Å². The summed E-state index contributed by atoms with van der Waals surface area (Å²) in [6.07, 6.45) is 5.64. The van der Waals surface area contributed by atoms with E-state index in [2.05, 4.69) is 15.0 Å². The second kappa shape index (κ2) is 8.80. The third-order valence-electron chi connectivity index (χ3n) is 4.85. The van der Waals surface area contributed by atoms with Crippen LogP contribution in [0.4, 0.5) is 5.88 Å². The van der Waals surface area contributed by atoms with Gasteiger partial charge in [-0.25, -0.2) is 0 Å². The quantitative estimate of drug-likeness (QED) is 0.620. The largest absolute Gasteiger partial charge is 0.492 e. The zero-order valence-electron chi connectivity index (χ0n) is 16.1. The Morgan fingerprint density at radius 2 is 1.93 bits per heavy atom. The minimum atomic E-state index is 0.660. The second-order valence-electron chi connectivity index (χ2n) is 6.87. The molecule has 6 nitrogen and oxygen atoms in total. The first-order valence-corrected chi connectivity index (χ1v) is 9.62. The molecule has 3 heterocycles. The predicted octanol–water partition coefficient (Wildman–Crippen LogP) is 3.95. The molecule has 6 heteroatoms. The molecule has 0 saturated carbocycles. The fraction of sp³-hybridized carbons (Fsp3) is 0.318. The van der Waals surface area contributed by atoms with E-state index in [-0.39, 0.29) is 0 Å². The summed E-state index contributed by atoms with van der Waals surface area (Å²) in [6, 6.07) is 13.9. The average molecular weight is 379 g/mol. The summed E-state index contributed by atoms with van der Waals surface area (Å²) in [7, 11) is 0. The fourth-order valence-corrected chi connectivity index (χ4v) is 3.31. The molecular weight excluding hydrogens is 354 g/mol. The molecule has 1 fully saturated rings. The number of rotatable bonds is 7. The number of benzene rings is 1. The van der Waals surface area contributed by atoms with Gasteiger partial charge in [-0.1, -0.05) is 23.4 Å². The summed E-state index contributed by atoms with van der Waals surface area (Å²) in [5, 5.41) is 3.90. The van der Waals surface area contributed by atoms with E-state index in [1.54, 1.807) is 6.26 Å². The lowest BCUT2D eigenvalue weighted by molar-refractivity contribution is 0.198. The highest BCUT2D eigenvalue weighted by atomic mass is 16.5. The van der Waals surface area contributed by atoms with Gasteiger partial charge < -0.3 is 18.6 Å². The Hall–Kier alpha value is -2.99. The third kappa shape index (κ3) is 4.64. The number of ether oxygens (including phenoxy) is 1. The maximum Gasteiger partial charge on any atom is 0.195 e. The molecule has 1 aromatic carbocycles. The molecule has 146 valence electrons. The zero-order valence-corrected chi connectivity index (χ0v) is 16.1. The van der Waals surface area contributed by atoms with E-state index in [0.29, 0.717) is 6.61 Å². The fourth-order valence-electron chi connectivity index (χ4n) is 3.31. The molecule has 1 saturated heterocycles. The van der Waals surface area contributed by atoms with Crippen LogP contribution >= 0.6 is 0 Å². The van der Waals surface area contributed by atoms with E-state index in [1.165, 1.54) is 0 Å². The van der Waals surface area contributed by atoms with Crippen LogP contribution in [0.1, 0.15) is 17.0 Å². The van der Waals surface area contributed by atoms with Gasteiger partial charge in [-0.05, 0) is 31.2 Å². The Morgan fingerprint density at radius 3 is 2.68 bits per heavy atom. The molecule has 0 aliphatic carbocycles. The van der Waals surface area contributed by atoms with E-state index in [0.717, 1.165) is 61.4 Å². The Labute approximate surface area is 165 Å². The number of hydrogen-bond donors (Lipinski definition) is 0. The highest BCUT2D eigenvalue weighted by Crippen LogP contribution is 2.21. The molecular formula is C22H25N3O3. The molecule has 0 unspecified atom stereocenters. The Kier molecular flexibility index (Phi) is 5.77. The molecule has 1 aliphatic rings. The van der Waals surface area contributed by atoms with Crippen LogP contribution in [0, 0.1) is 6.92 Å².